The smallest absolute Gasteiger partial charge is 0.240 e. The summed E-state index contributed by atoms with van der Waals surface area (Å²) in [4.78, 5) is 27.8. The van der Waals surface area contributed by atoms with Gasteiger partial charge >= 0.3 is 0 Å². The predicted octanol–water partition coefficient (Wildman–Crippen LogP) is -1.82. The number of rotatable bonds is 11. The molecule has 0 aliphatic rings. The first-order valence-corrected chi connectivity index (χ1v) is 8.22. The monoisotopic (exact) mass is 365 g/mol. The number of hydrogen-bond acceptors (Lipinski definition) is 6. The van der Waals surface area contributed by atoms with Crippen LogP contribution < -0.4 is 33.8 Å². The normalized spacial score (nSPS) is 12.8. The highest BCUT2D eigenvalue weighted by Crippen LogP contribution is 2.11. The topological polar surface area (TPSA) is 195 Å². The molecule has 0 spiro atoms. The number of guanidine groups is 1. The summed E-state index contributed by atoms with van der Waals surface area (Å²) >= 11 is 0. The number of unbranched alkanes of at least 4 members (excludes halogenated alkanes) is 1. The van der Waals surface area contributed by atoms with Gasteiger partial charge in [0.1, 0.15) is 11.8 Å². The molecule has 0 saturated heterocycles. The molecule has 1 rings (SSSR count). The van der Waals surface area contributed by atoms with E-state index < -0.39 is 23.9 Å². The molecule has 0 aromatic heterocycles. The zero-order chi connectivity index (χ0) is 19.5. The van der Waals surface area contributed by atoms with Gasteiger partial charge in [0.25, 0.3) is 0 Å². The van der Waals surface area contributed by atoms with Gasteiger partial charge in [-0.2, -0.15) is 0 Å². The summed E-state index contributed by atoms with van der Waals surface area (Å²) in [5.74, 6) is 4.49. The Kier molecular flexibility index (Phi) is 8.88. The number of phenolic OH excluding ortho intramolecular Hbond substituents is 1. The van der Waals surface area contributed by atoms with E-state index in [-0.39, 0.29) is 18.1 Å². The van der Waals surface area contributed by atoms with Crippen LogP contribution in [-0.2, 0) is 16.0 Å². The van der Waals surface area contributed by atoms with Gasteiger partial charge in [-0.25, -0.2) is 5.43 Å². The van der Waals surface area contributed by atoms with Crippen LogP contribution in [0.25, 0.3) is 0 Å². The van der Waals surface area contributed by atoms with Crippen LogP contribution >= 0.6 is 0 Å². The van der Waals surface area contributed by atoms with Gasteiger partial charge in [-0.1, -0.05) is 12.1 Å². The van der Waals surface area contributed by atoms with E-state index in [9.17, 15) is 14.7 Å². The number of carbonyl (C=O) groups is 2. The number of carbonyl (C=O) groups excluding carboxylic acids is 2. The molecule has 2 amide bonds. The Labute approximate surface area is 152 Å². The van der Waals surface area contributed by atoms with Crippen molar-refractivity contribution in [1.29, 1.82) is 0 Å². The predicted molar refractivity (Wildman–Crippen MR) is 98.6 cm³/mol. The Balaban J connectivity index is 2.56. The lowest BCUT2D eigenvalue weighted by atomic mass is 10.0. The van der Waals surface area contributed by atoms with Crippen molar-refractivity contribution in [3.8, 4) is 5.75 Å². The molecule has 2 unspecified atom stereocenters. The molecule has 1 aromatic carbocycles. The Morgan fingerprint density at radius 3 is 2.27 bits per heavy atom. The van der Waals surface area contributed by atoms with E-state index in [4.69, 9.17) is 23.0 Å². The Morgan fingerprint density at radius 1 is 1.08 bits per heavy atom. The quantitative estimate of drug-likeness (QED) is 0.0787. The van der Waals surface area contributed by atoms with Crippen molar-refractivity contribution in [2.24, 2.45) is 28.0 Å². The maximum absolute atomic E-state index is 12.3. The highest BCUT2D eigenvalue weighted by atomic mass is 16.3. The third-order valence-electron chi connectivity index (χ3n) is 3.75. The van der Waals surface area contributed by atoms with Gasteiger partial charge in [-0.15, -0.1) is 0 Å². The zero-order valence-corrected chi connectivity index (χ0v) is 14.5. The third kappa shape index (κ3) is 7.81. The molecule has 144 valence electrons. The van der Waals surface area contributed by atoms with E-state index >= 15 is 0 Å². The van der Waals surface area contributed by atoms with Gasteiger partial charge in [0.2, 0.25) is 11.8 Å². The maximum atomic E-state index is 12.3. The summed E-state index contributed by atoms with van der Waals surface area (Å²) in [6, 6.07) is 4.74. The molecule has 11 N–H and O–H groups in total. The number of primary amides is 1. The number of phenols is 1. The van der Waals surface area contributed by atoms with Crippen molar-refractivity contribution in [2.75, 3.05) is 6.54 Å². The van der Waals surface area contributed by atoms with E-state index in [1.807, 2.05) is 0 Å². The molecule has 10 heteroatoms. The van der Waals surface area contributed by atoms with Crippen LogP contribution in [0, 0.1) is 0 Å². The summed E-state index contributed by atoms with van der Waals surface area (Å²) in [5.41, 5.74) is 19.0. The molecule has 0 aliphatic carbocycles. The van der Waals surface area contributed by atoms with E-state index in [1.54, 1.807) is 12.1 Å². The standard InChI is InChI=1S/C16H27N7O3/c17-14(25)13(9-10-4-6-11(24)7-5-10)22-15(26)12(23-20)3-1-2-8-21-16(18)19/h4-7,12-13,23-24H,1-3,8-9,20H2,(H2,17,25)(H,22,26)(H4,18,19,21). The van der Waals surface area contributed by atoms with Crippen LogP contribution in [0.3, 0.4) is 0 Å². The third-order valence-corrected chi connectivity index (χ3v) is 3.75. The number of aliphatic imine (C=N–C) groups is 1. The minimum absolute atomic E-state index is 0.0229. The highest BCUT2D eigenvalue weighted by molar-refractivity contribution is 5.89. The fourth-order valence-electron chi connectivity index (χ4n) is 2.32. The van der Waals surface area contributed by atoms with Gasteiger partial charge < -0.3 is 27.6 Å². The minimum atomic E-state index is -0.885. The molecule has 0 bridgehead atoms. The first-order valence-electron chi connectivity index (χ1n) is 8.22. The van der Waals surface area contributed by atoms with E-state index in [2.05, 4.69) is 15.7 Å². The number of aromatic hydroxyl groups is 1. The van der Waals surface area contributed by atoms with Crippen LogP contribution in [0.1, 0.15) is 24.8 Å². The summed E-state index contributed by atoms with van der Waals surface area (Å²) in [6.45, 7) is 0.464. The van der Waals surface area contributed by atoms with Crippen molar-refractivity contribution in [3.63, 3.8) is 0 Å². The summed E-state index contributed by atoms with van der Waals surface area (Å²) in [6.07, 6.45) is 2.02. The number of hydrazine groups is 1. The van der Waals surface area contributed by atoms with Gasteiger partial charge in [0, 0.05) is 13.0 Å². The summed E-state index contributed by atoms with van der Waals surface area (Å²) in [7, 11) is 0. The minimum Gasteiger partial charge on any atom is -0.508 e. The lowest BCUT2D eigenvalue weighted by Crippen LogP contribution is -2.54. The van der Waals surface area contributed by atoms with Crippen LogP contribution in [0.5, 0.6) is 5.75 Å². The largest absolute Gasteiger partial charge is 0.508 e. The Hall–Kier alpha value is -2.85. The molecule has 0 heterocycles. The van der Waals surface area contributed by atoms with Crippen molar-refractivity contribution in [3.05, 3.63) is 29.8 Å². The SMILES string of the molecule is NNC(CCCCN=C(N)N)C(=O)NC(Cc1ccc(O)cc1)C(N)=O. The Bertz CT molecular complexity index is 615. The molecule has 0 fully saturated rings. The van der Waals surface area contributed by atoms with Gasteiger partial charge in [0.05, 0.1) is 6.04 Å². The average molecular weight is 365 g/mol. The van der Waals surface area contributed by atoms with Crippen molar-refractivity contribution in [1.82, 2.24) is 10.7 Å². The maximum Gasteiger partial charge on any atom is 0.240 e. The molecule has 0 saturated carbocycles. The number of nitrogens with one attached hydrogen (secondary N) is 2. The van der Waals surface area contributed by atoms with Crippen LogP contribution in [-0.4, -0.2) is 41.5 Å². The first kappa shape index (κ1) is 21.2. The van der Waals surface area contributed by atoms with Crippen LogP contribution in [0.15, 0.2) is 29.3 Å². The van der Waals surface area contributed by atoms with Gasteiger partial charge in [-0.05, 0) is 37.0 Å². The fraction of sp³-hybridized carbons (Fsp3) is 0.438. The lowest BCUT2D eigenvalue weighted by Gasteiger charge is -2.20. The molecule has 0 aliphatic heterocycles. The molecular formula is C16H27N7O3. The van der Waals surface area contributed by atoms with Crippen molar-refractivity contribution in [2.45, 2.75) is 37.8 Å². The van der Waals surface area contributed by atoms with Gasteiger partial charge in [-0.3, -0.25) is 20.4 Å². The molecule has 2 atom stereocenters. The lowest BCUT2D eigenvalue weighted by molar-refractivity contribution is -0.128. The summed E-state index contributed by atoms with van der Waals surface area (Å²) < 4.78 is 0. The number of benzene rings is 1. The first-order chi connectivity index (χ1) is 12.3. The molecule has 0 radical (unpaired) electrons. The van der Waals surface area contributed by atoms with Crippen molar-refractivity contribution < 1.29 is 14.7 Å². The van der Waals surface area contributed by atoms with E-state index in [1.165, 1.54) is 12.1 Å². The van der Waals surface area contributed by atoms with Crippen molar-refractivity contribution >= 4 is 17.8 Å². The summed E-state index contributed by atoms with van der Waals surface area (Å²) in [5, 5.41) is 11.9. The number of nitrogens with zero attached hydrogens (tertiary/aromatic N) is 1. The van der Waals surface area contributed by atoms with Crippen LogP contribution in [0.4, 0.5) is 0 Å². The second-order valence-corrected chi connectivity index (χ2v) is 5.86. The average Bonchev–Trinajstić information content (AvgIpc) is 2.58. The highest BCUT2D eigenvalue weighted by Gasteiger charge is 2.23. The molecule has 1 aromatic rings. The van der Waals surface area contributed by atoms with E-state index in [0.717, 1.165) is 5.56 Å². The number of nitrogens with two attached hydrogens (primary N) is 4. The number of amides is 2. The second kappa shape index (κ2) is 10.9. The van der Waals surface area contributed by atoms with Crippen LogP contribution in [0.2, 0.25) is 0 Å². The zero-order valence-electron chi connectivity index (χ0n) is 14.5. The Morgan fingerprint density at radius 2 is 1.73 bits per heavy atom. The molecular weight excluding hydrogens is 338 g/mol. The molecule has 26 heavy (non-hydrogen) atoms. The van der Waals surface area contributed by atoms with Gasteiger partial charge in [0.15, 0.2) is 5.96 Å². The van der Waals surface area contributed by atoms with E-state index in [0.29, 0.717) is 25.8 Å². The fourth-order valence-corrected chi connectivity index (χ4v) is 2.32. The molecule has 10 nitrogen and oxygen atoms in total. The number of hydrogen-bond donors (Lipinski definition) is 7. The second-order valence-electron chi connectivity index (χ2n) is 5.86.